The van der Waals surface area contributed by atoms with Crippen molar-refractivity contribution in [1.82, 2.24) is 20.2 Å². The van der Waals surface area contributed by atoms with Crippen molar-refractivity contribution >= 4 is 11.4 Å². The molecule has 0 spiro atoms. The van der Waals surface area contributed by atoms with Gasteiger partial charge in [-0.2, -0.15) is 4.80 Å². The summed E-state index contributed by atoms with van der Waals surface area (Å²) in [6.45, 7) is 6.76. The van der Waals surface area contributed by atoms with Gasteiger partial charge in [-0.1, -0.05) is 24.3 Å². The fourth-order valence-corrected chi connectivity index (χ4v) is 2.73. The number of ether oxygens (including phenoxy) is 1. The number of halogens is 2. The van der Waals surface area contributed by atoms with E-state index in [4.69, 9.17) is 4.74 Å². The molecule has 0 saturated carbocycles. The van der Waals surface area contributed by atoms with Gasteiger partial charge in [0.15, 0.2) is 0 Å². The SMILES string of the molecule is COC(C)(C)[C@H](C)n1nnc(-c2ccccc2Nc2ccc(C(C)(F)F)cc2)n1. The van der Waals surface area contributed by atoms with E-state index < -0.39 is 11.5 Å². The molecule has 0 aliphatic carbocycles. The summed E-state index contributed by atoms with van der Waals surface area (Å²) in [6, 6.07) is 13.4. The number of nitrogens with one attached hydrogen (secondary N) is 1. The van der Waals surface area contributed by atoms with E-state index in [1.165, 1.54) is 16.9 Å². The van der Waals surface area contributed by atoms with Gasteiger partial charge >= 0.3 is 0 Å². The molecule has 0 radical (unpaired) electrons. The van der Waals surface area contributed by atoms with Crippen LogP contribution >= 0.6 is 0 Å². The largest absolute Gasteiger partial charge is 0.377 e. The molecule has 0 unspecified atom stereocenters. The molecule has 2 aromatic carbocycles. The van der Waals surface area contributed by atoms with Crippen molar-refractivity contribution in [3.63, 3.8) is 0 Å². The van der Waals surface area contributed by atoms with Crippen molar-refractivity contribution in [2.45, 2.75) is 45.3 Å². The van der Waals surface area contributed by atoms with Gasteiger partial charge in [0.05, 0.1) is 11.6 Å². The molecule has 3 rings (SSSR count). The molecule has 29 heavy (non-hydrogen) atoms. The van der Waals surface area contributed by atoms with Crippen LogP contribution in [0.2, 0.25) is 0 Å². The summed E-state index contributed by atoms with van der Waals surface area (Å²) in [4.78, 5) is 1.54. The Morgan fingerprint density at radius 2 is 1.69 bits per heavy atom. The Kier molecular flexibility index (Phi) is 5.66. The number of hydrogen-bond acceptors (Lipinski definition) is 5. The number of anilines is 2. The van der Waals surface area contributed by atoms with E-state index in [0.717, 1.165) is 18.2 Å². The summed E-state index contributed by atoms with van der Waals surface area (Å²) in [5.41, 5.74) is 1.70. The summed E-state index contributed by atoms with van der Waals surface area (Å²) >= 11 is 0. The monoisotopic (exact) mass is 401 g/mol. The fraction of sp³-hybridized carbons (Fsp3) is 0.381. The van der Waals surface area contributed by atoms with Crippen molar-refractivity contribution in [3.05, 3.63) is 54.1 Å². The first-order chi connectivity index (χ1) is 13.6. The quantitative estimate of drug-likeness (QED) is 0.591. The van der Waals surface area contributed by atoms with E-state index in [1.54, 1.807) is 19.2 Å². The summed E-state index contributed by atoms with van der Waals surface area (Å²) in [5.74, 6) is -2.41. The number of benzene rings is 2. The lowest BCUT2D eigenvalue weighted by molar-refractivity contribution is -0.0246. The number of methoxy groups -OCH3 is 1. The van der Waals surface area contributed by atoms with Crippen LogP contribution in [0.25, 0.3) is 11.4 Å². The molecule has 0 aliphatic heterocycles. The van der Waals surface area contributed by atoms with Crippen molar-refractivity contribution in [1.29, 1.82) is 0 Å². The standard InChI is InChI=1S/C21H25F2N5O/c1-14(20(2,3)29-5)28-26-19(25-27-28)17-8-6-7-9-18(17)24-16-12-10-15(11-13-16)21(4,22)23/h6-14,24H,1-5H3/t14-/m0/s1. The van der Waals surface area contributed by atoms with Crippen LogP contribution in [0.1, 0.15) is 39.3 Å². The molecule has 1 atom stereocenters. The van der Waals surface area contributed by atoms with Gasteiger partial charge in [-0.15, -0.1) is 10.2 Å². The highest BCUT2D eigenvalue weighted by atomic mass is 19.3. The summed E-state index contributed by atoms with van der Waals surface area (Å²) in [5, 5.41) is 16.1. The average Bonchev–Trinajstić information content (AvgIpc) is 3.17. The lowest BCUT2D eigenvalue weighted by atomic mass is 10.0. The minimum atomic E-state index is -2.87. The van der Waals surface area contributed by atoms with Crippen LogP contribution in [0.15, 0.2) is 48.5 Å². The Hall–Kier alpha value is -2.87. The first-order valence-corrected chi connectivity index (χ1v) is 9.31. The van der Waals surface area contributed by atoms with Crippen LogP contribution in [0.4, 0.5) is 20.2 Å². The summed E-state index contributed by atoms with van der Waals surface area (Å²) < 4.78 is 32.4. The zero-order valence-electron chi connectivity index (χ0n) is 17.1. The second-order valence-electron chi connectivity index (χ2n) is 7.55. The number of tetrazole rings is 1. The lowest BCUT2D eigenvalue weighted by Gasteiger charge is -2.28. The zero-order valence-corrected chi connectivity index (χ0v) is 17.1. The van der Waals surface area contributed by atoms with Crippen LogP contribution in [0, 0.1) is 0 Å². The molecule has 3 aromatic rings. The van der Waals surface area contributed by atoms with E-state index in [9.17, 15) is 8.78 Å². The summed E-state index contributed by atoms with van der Waals surface area (Å²) in [7, 11) is 1.65. The Labute approximate surface area is 168 Å². The molecule has 8 heteroatoms. The molecule has 154 valence electrons. The van der Waals surface area contributed by atoms with E-state index in [2.05, 4.69) is 20.7 Å². The molecule has 0 fully saturated rings. The van der Waals surface area contributed by atoms with Crippen molar-refractivity contribution in [2.75, 3.05) is 12.4 Å². The Balaban J connectivity index is 1.87. The van der Waals surface area contributed by atoms with Gasteiger partial charge in [0.25, 0.3) is 5.92 Å². The smallest absolute Gasteiger partial charge is 0.270 e. The molecular weight excluding hydrogens is 376 g/mol. The van der Waals surface area contributed by atoms with Gasteiger partial charge < -0.3 is 10.1 Å². The molecule has 0 amide bonds. The summed E-state index contributed by atoms with van der Waals surface area (Å²) in [6.07, 6.45) is 0. The molecule has 6 nitrogen and oxygen atoms in total. The van der Waals surface area contributed by atoms with E-state index in [0.29, 0.717) is 11.5 Å². The lowest BCUT2D eigenvalue weighted by Crippen LogP contribution is -2.34. The van der Waals surface area contributed by atoms with Crippen LogP contribution < -0.4 is 5.32 Å². The Morgan fingerprint density at radius 1 is 1.03 bits per heavy atom. The van der Waals surface area contributed by atoms with Crippen molar-refractivity contribution in [2.24, 2.45) is 0 Å². The van der Waals surface area contributed by atoms with Gasteiger partial charge in [0.2, 0.25) is 5.82 Å². The maximum Gasteiger partial charge on any atom is 0.270 e. The molecule has 1 heterocycles. The van der Waals surface area contributed by atoms with Crippen molar-refractivity contribution in [3.8, 4) is 11.4 Å². The van der Waals surface area contributed by atoms with E-state index in [-0.39, 0.29) is 11.6 Å². The fourth-order valence-electron chi connectivity index (χ4n) is 2.73. The number of para-hydroxylation sites is 1. The van der Waals surface area contributed by atoms with Crippen LogP contribution in [0.3, 0.4) is 0 Å². The minimum Gasteiger partial charge on any atom is -0.377 e. The highest BCUT2D eigenvalue weighted by Crippen LogP contribution is 2.31. The second-order valence-corrected chi connectivity index (χ2v) is 7.55. The van der Waals surface area contributed by atoms with Gasteiger partial charge in [-0.3, -0.25) is 0 Å². The van der Waals surface area contributed by atoms with E-state index >= 15 is 0 Å². The second kappa shape index (κ2) is 7.87. The minimum absolute atomic E-state index is 0.0318. The Bertz CT molecular complexity index is 964. The third-order valence-electron chi connectivity index (χ3n) is 5.15. The normalized spacial score (nSPS) is 13.3. The number of nitrogens with zero attached hydrogens (tertiary/aromatic N) is 4. The maximum atomic E-state index is 13.4. The third-order valence-corrected chi connectivity index (χ3v) is 5.15. The number of alkyl halides is 2. The van der Waals surface area contributed by atoms with Gasteiger partial charge in [-0.25, -0.2) is 8.78 Å². The number of rotatable bonds is 7. The van der Waals surface area contributed by atoms with Gasteiger partial charge in [0, 0.05) is 36.5 Å². The van der Waals surface area contributed by atoms with E-state index in [1.807, 2.05) is 45.0 Å². The van der Waals surface area contributed by atoms with Crippen LogP contribution in [0.5, 0.6) is 0 Å². The molecule has 1 aromatic heterocycles. The molecule has 0 saturated heterocycles. The predicted molar refractivity (Wildman–Crippen MR) is 108 cm³/mol. The molecule has 0 aliphatic rings. The zero-order chi connectivity index (χ0) is 21.2. The molecular formula is C21H25F2N5O. The first kappa shape index (κ1) is 20.9. The molecule has 0 bridgehead atoms. The maximum absolute atomic E-state index is 13.4. The topological polar surface area (TPSA) is 64.9 Å². The molecule has 1 N–H and O–H groups in total. The highest BCUT2D eigenvalue weighted by molar-refractivity contribution is 5.77. The first-order valence-electron chi connectivity index (χ1n) is 9.31. The highest BCUT2D eigenvalue weighted by Gasteiger charge is 2.29. The Morgan fingerprint density at radius 3 is 2.31 bits per heavy atom. The van der Waals surface area contributed by atoms with Gasteiger partial charge in [-0.05, 0) is 50.3 Å². The third kappa shape index (κ3) is 4.59. The van der Waals surface area contributed by atoms with Crippen LogP contribution in [-0.4, -0.2) is 32.9 Å². The predicted octanol–water partition coefficient (Wildman–Crippen LogP) is 5.18. The van der Waals surface area contributed by atoms with Crippen LogP contribution in [-0.2, 0) is 10.7 Å². The van der Waals surface area contributed by atoms with Crippen molar-refractivity contribution < 1.29 is 13.5 Å². The number of hydrogen-bond donors (Lipinski definition) is 1. The average molecular weight is 401 g/mol. The van der Waals surface area contributed by atoms with Gasteiger partial charge in [0.1, 0.15) is 0 Å². The number of aromatic nitrogens is 4.